The molecule has 1 rings (SSSR count). The normalized spacial score (nSPS) is 13.1. The lowest BCUT2D eigenvalue weighted by molar-refractivity contribution is 0.468. The van der Waals surface area contributed by atoms with E-state index in [4.69, 9.17) is 11.6 Å². The van der Waals surface area contributed by atoms with Crippen LogP contribution in [0.15, 0.2) is 18.2 Å². The average molecular weight is 258 g/mol. The lowest BCUT2D eigenvalue weighted by Gasteiger charge is -2.14. The predicted molar refractivity (Wildman–Crippen MR) is 72.0 cm³/mol. The summed E-state index contributed by atoms with van der Waals surface area (Å²) in [6, 6.07) is 5.71. The van der Waals surface area contributed by atoms with Crippen molar-refractivity contribution in [3.8, 4) is 0 Å². The Bertz CT molecular complexity index is 352. The zero-order chi connectivity index (χ0) is 12.8. The summed E-state index contributed by atoms with van der Waals surface area (Å²) in [5, 5.41) is 3.59. The molecule has 1 N–H and O–H groups in total. The van der Waals surface area contributed by atoms with Crippen LogP contribution in [0.5, 0.6) is 0 Å². The first-order valence-corrected chi connectivity index (χ1v) is 6.54. The largest absolute Gasteiger partial charge is 0.315 e. The molecule has 1 unspecified atom stereocenters. The first-order chi connectivity index (χ1) is 8.00. The third-order valence-corrected chi connectivity index (χ3v) is 3.08. The van der Waals surface area contributed by atoms with Crippen molar-refractivity contribution in [2.75, 3.05) is 6.54 Å². The van der Waals surface area contributed by atoms with Crippen LogP contribution in [0.1, 0.15) is 32.8 Å². The average Bonchev–Trinajstić information content (AvgIpc) is 2.24. The number of benzene rings is 1. The van der Waals surface area contributed by atoms with Crippen LogP contribution in [0, 0.1) is 11.7 Å². The zero-order valence-corrected chi connectivity index (χ0v) is 11.5. The molecule has 1 atom stereocenters. The van der Waals surface area contributed by atoms with Crippen molar-refractivity contribution in [3.63, 3.8) is 0 Å². The maximum Gasteiger partial charge on any atom is 0.144 e. The second-order valence-electron chi connectivity index (χ2n) is 4.92. The molecule has 3 heteroatoms. The van der Waals surface area contributed by atoms with Crippen molar-refractivity contribution in [2.24, 2.45) is 5.92 Å². The zero-order valence-electron chi connectivity index (χ0n) is 10.8. The highest BCUT2D eigenvalue weighted by atomic mass is 35.5. The van der Waals surface area contributed by atoms with E-state index < -0.39 is 0 Å². The molecule has 1 aromatic carbocycles. The molecule has 0 amide bonds. The summed E-state index contributed by atoms with van der Waals surface area (Å²) < 4.78 is 13.7. The van der Waals surface area contributed by atoms with Crippen molar-refractivity contribution in [3.05, 3.63) is 34.6 Å². The number of hydrogen-bond donors (Lipinski definition) is 1. The quantitative estimate of drug-likeness (QED) is 0.811. The van der Waals surface area contributed by atoms with E-state index in [1.165, 1.54) is 0 Å². The number of hydrogen-bond acceptors (Lipinski definition) is 1. The van der Waals surface area contributed by atoms with E-state index in [9.17, 15) is 4.39 Å². The van der Waals surface area contributed by atoms with Gasteiger partial charge in [-0.1, -0.05) is 44.5 Å². The Morgan fingerprint density at radius 1 is 1.29 bits per heavy atom. The summed E-state index contributed by atoms with van der Waals surface area (Å²) in [6.07, 6.45) is 1.79. The molecule has 1 nitrogen and oxygen atoms in total. The highest BCUT2D eigenvalue weighted by Gasteiger charge is 2.10. The molecule has 0 saturated carbocycles. The molecule has 0 spiro atoms. The number of nitrogens with one attached hydrogen (secondary N) is 1. The second kappa shape index (κ2) is 6.97. The lowest BCUT2D eigenvalue weighted by Crippen LogP contribution is -2.25. The number of halogens is 2. The Kier molecular flexibility index (Phi) is 5.93. The molecule has 0 heterocycles. The summed E-state index contributed by atoms with van der Waals surface area (Å²) in [6.45, 7) is 7.37. The van der Waals surface area contributed by atoms with Crippen molar-refractivity contribution >= 4 is 11.6 Å². The van der Waals surface area contributed by atoms with E-state index in [0.29, 0.717) is 12.0 Å². The van der Waals surface area contributed by atoms with E-state index >= 15 is 0 Å². The highest BCUT2D eigenvalue weighted by molar-refractivity contribution is 6.30. The van der Waals surface area contributed by atoms with Crippen molar-refractivity contribution in [1.29, 1.82) is 0 Å². The SMILES string of the molecule is CC(CCNC(C)C)Cc1cccc(Cl)c1F. The summed E-state index contributed by atoms with van der Waals surface area (Å²) >= 11 is 5.76. The van der Waals surface area contributed by atoms with Crippen LogP contribution >= 0.6 is 11.6 Å². The van der Waals surface area contributed by atoms with Crippen molar-refractivity contribution in [1.82, 2.24) is 5.32 Å². The Morgan fingerprint density at radius 2 is 2.00 bits per heavy atom. The maximum absolute atomic E-state index is 13.7. The van der Waals surface area contributed by atoms with Gasteiger partial charge in [0.2, 0.25) is 0 Å². The molecule has 0 fully saturated rings. The maximum atomic E-state index is 13.7. The molecule has 0 bridgehead atoms. The van der Waals surface area contributed by atoms with Crippen LogP contribution < -0.4 is 5.32 Å². The summed E-state index contributed by atoms with van der Waals surface area (Å²) in [5.41, 5.74) is 0.717. The molecule has 0 aliphatic heterocycles. The molecule has 1 aromatic rings. The monoisotopic (exact) mass is 257 g/mol. The van der Waals surface area contributed by atoms with Gasteiger partial charge in [0.05, 0.1) is 5.02 Å². The first kappa shape index (κ1) is 14.5. The van der Waals surface area contributed by atoms with Gasteiger partial charge < -0.3 is 5.32 Å². The van der Waals surface area contributed by atoms with Gasteiger partial charge in [-0.15, -0.1) is 0 Å². The molecular weight excluding hydrogens is 237 g/mol. The van der Waals surface area contributed by atoms with Crippen LogP contribution in [0.3, 0.4) is 0 Å². The van der Waals surface area contributed by atoms with E-state index in [1.807, 2.05) is 6.07 Å². The van der Waals surface area contributed by atoms with Gasteiger partial charge in [0.1, 0.15) is 5.82 Å². The van der Waals surface area contributed by atoms with E-state index in [0.717, 1.165) is 24.9 Å². The van der Waals surface area contributed by atoms with Gasteiger partial charge in [-0.2, -0.15) is 0 Å². The minimum absolute atomic E-state index is 0.218. The minimum atomic E-state index is -0.266. The molecule has 0 aromatic heterocycles. The summed E-state index contributed by atoms with van der Waals surface area (Å²) in [7, 11) is 0. The summed E-state index contributed by atoms with van der Waals surface area (Å²) in [4.78, 5) is 0. The molecule has 0 aliphatic rings. The fourth-order valence-corrected chi connectivity index (χ4v) is 2.00. The lowest BCUT2D eigenvalue weighted by atomic mass is 9.97. The van der Waals surface area contributed by atoms with E-state index in [1.54, 1.807) is 12.1 Å². The molecule has 0 saturated heterocycles. The molecule has 0 aliphatic carbocycles. The van der Waals surface area contributed by atoms with Gasteiger partial charge in [-0.05, 0) is 36.9 Å². The molecule has 17 heavy (non-hydrogen) atoms. The van der Waals surface area contributed by atoms with Crippen molar-refractivity contribution in [2.45, 2.75) is 39.7 Å². The van der Waals surface area contributed by atoms with Crippen LogP contribution in [0.4, 0.5) is 4.39 Å². The first-order valence-electron chi connectivity index (χ1n) is 6.17. The number of rotatable bonds is 6. The third-order valence-electron chi connectivity index (χ3n) is 2.79. The van der Waals surface area contributed by atoms with Crippen LogP contribution in [-0.2, 0) is 6.42 Å². The Labute approximate surface area is 108 Å². The van der Waals surface area contributed by atoms with Gasteiger partial charge in [-0.3, -0.25) is 0 Å². The van der Waals surface area contributed by atoms with Crippen LogP contribution in [0.25, 0.3) is 0 Å². The van der Waals surface area contributed by atoms with Gasteiger partial charge in [0.25, 0.3) is 0 Å². The van der Waals surface area contributed by atoms with Crippen LogP contribution in [-0.4, -0.2) is 12.6 Å². The van der Waals surface area contributed by atoms with Gasteiger partial charge in [0.15, 0.2) is 0 Å². The smallest absolute Gasteiger partial charge is 0.144 e. The van der Waals surface area contributed by atoms with Crippen molar-refractivity contribution < 1.29 is 4.39 Å². The Hall–Kier alpha value is -0.600. The summed E-state index contributed by atoms with van der Waals surface area (Å²) in [5.74, 6) is 0.187. The fraction of sp³-hybridized carbons (Fsp3) is 0.571. The topological polar surface area (TPSA) is 12.0 Å². The molecule has 96 valence electrons. The standard InChI is InChI=1S/C14H21ClFN/c1-10(2)17-8-7-11(3)9-12-5-4-6-13(15)14(12)16/h4-6,10-11,17H,7-9H2,1-3H3. The van der Waals surface area contributed by atoms with Crippen LogP contribution in [0.2, 0.25) is 5.02 Å². The second-order valence-corrected chi connectivity index (χ2v) is 5.33. The molecular formula is C14H21ClFN. The Balaban J connectivity index is 2.45. The predicted octanol–water partition coefficient (Wildman–Crippen LogP) is 4.05. The minimum Gasteiger partial charge on any atom is -0.315 e. The Morgan fingerprint density at radius 3 is 2.65 bits per heavy atom. The van der Waals surface area contributed by atoms with E-state index in [-0.39, 0.29) is 10.8 Å². The van der Waals surface area contributed by atoms with Gasteiger partial charge in [-0.25, -0.2) is 4.39 Å². The molecule has 0 radical (unpaired) electrons. The third kappa shape index (κ3) is 5.05. The highest BCUT2D eigenvalue weighted by Crippen LogP contribution is 2.21. The van der Waals surface area contributed by atoms with Gasteiger partial charge in [0, 0.05) is 6.04 Å². The van der Waals surface area contributed by atoms with E-state index in [2.05, 4.69) is 26.1 Å². The fourth-order valence-electron chi connectivity index (χ4n) is 1.80. The van der Waals surface area contributed by atoms with Gasteiger partial charge >= 0.3 is 0 Å².